The van der Waals surface area contributed by atoms with Crippen molar-refractivity contribution in [1.29, 1.82) is 0 Å². The van der Waals surface area contributed by atoms with Crippen molar-refractivity contribution in [2.45, 2.75) is 6.04 Å². The summed E-state index contributed by atoms with van der Waals surface area (Å²) in [6.07, 6.45) is 4.70. The summed E-state index contributed by atoms with van der Waals surface area (Å²) < 4.78 is 27.6. The van der Waals surface area contributed by atoms with Crippen molar-refractivity contribution < 1.29 is 8.78 Å². The van der Waals surface area contributed by atoms with Gasteiger partial charge in [-0.1, -0.05) is 23.7 Å². The molecule has 0 spiro atoms. The molecule has 0 saturated carbocycles. The fraction of sp³-hybridized carbons (Fsp3) is 0.0556. The Kier molecular flexibility index (Phi) is 3.58. The molecule has 0 saturated heterocycles. The van der Waals surface area contributed by atoms with Crippen LogP contribution in [0, 0.1) is 11.6 Å². The Balaban J connectivity index is 1.99. The van der Waals surface area contributed by atoms with Crippen LogP contribution in [-0.2, 0) is 0 Å². The van der Waals surface area contributed by atoms with Gasteiger partial charge in [-0.05, 0) is 23.8 Å². The first-order chi connectivity index (χ1) is 11.6. The van der Waals surface area contributed by atoms with Crippen LogP contribution in [0.15, 0.2) is 53.9 Å². The second-order valence-corrected chi connectivity index (χ2v) is 5.84. The van der Waals surface area contributed by atoms with Crippen LogP contribution in [0.1, 0.15) is 22.7 Å². The Labute approximate surface area is 141 Å². The molecule has 24 heavy (non-hydrogen) atoms. The van der Waals surface area contributed by atoms with Crippen LogP contribution in [-0.4, -0.2) is 16.2 Å². The average molecular weight is 342 g/mol. The maximum absolute atomic E-state index is 14.3. The van der Waals surface area contributed by atoms with Crippen molar-refractivity contribution in [1.82, 2.24) is 9.97 Å². The van der Waals surface area contributed by atoms with E-state index < -0.39 is 17.7 Å². The monoisotopic (exact) mass is 341 g/mol. The fourth-order valence-electron chi connectivity index (χ4n) is 2.84. The second kappa shape index (κ2) is 5.76. The van der Waals surface area contributed by atoms with Gasteiger partial charge < -0.3 is 0 Å². The van der Waals surface area contributed by atoms with Crippen molar-refractivity contribution in [3.05, 3.63) is 82.3 Å². The third-order valence-electron chi connectivity index (χ3n) is 3.92. The van der Waals surface area contributed by atoms with Crippen LogP contribution in [0.2, 0.25) is 5.02 Å². The van der Waals surface area contributed by atoms with Gasteiger partial charge in [0.1, 0.15) is 24.0 Å². The lowest BCUT2D eigenvalue weighted by atomic mass is 9.93. The van der Waals surface area contributed by atoms with Crippen molar-refractivity contribution in [2.75, 3.05) is 0 Å². The summed E-state index contributed by atoms with van der Waals surface area (Å²) in [5.41, 5.74) is 3.21. The molecular weight excluding hydrogens is 332 g/mol. The van der Waals surface area contributed by atoms with E-state index in [0.29, 0.717) is 16.3 Å². The van der Waals surface area contributed by atoms with E-state index in [2.05, 4.69) is 15.0 Å². The normalized spacial score (nSPS) is 15.5. The molecule has 0 bridgehead atoms. The zero-order valence-electron chi connectivity index (χ0n) is 12.2. The number of aromatic nitrogens is 2. The molecule has 118 valence electrons. The summed E-state index contributed by atoms with van der Waals surface area (Å²) in [6.45, 7) is 0. The molecule has 1 aliphatic rings. The van der Waals surface area contributed by atoms with E-state index in [4.69, 9.17) is 11.6 Å². The molecule has 0 radical (unpaired) electrons. The lowest BCUT2D eigenvalue weighted by Crippen LogP contribution is -2.03. The minimum Gasteiger partial charge on any atom is -0.279 e. The second-order valence-electron chi connectivity index (χ2n) is 5.40. The highest BCUT2D eigenvalue weighted by Gasteiger charge is 2.25. The van der Waals surface area contributed by atoms with Crippen LogP contribution in [0.5, 0.6) is 0 Å². The van der Waals surface area contributed by atoms with E-state index in [-0.39, 0.29) is 5.56 Å². The largest absolute Gasteiger partial charge is 0.279 e. The van der Waals surface area contributed by atoms with Gasteiger partial charge in [-0.25, -0.2) is 18.7 Å². The molecule has 1 aromatic heterocycles. The van der Waals surface area contributed by atoms with Gasteiger partial charge in [0.2, 0.25) is 0 Å². The first-order valence-corrected chi connectivity index (χ1v) is 7.59. The molecule has 6 heteroatoms. The highest BCUT2D eigenvalue weighted by atomic mass is 35.5. The van der Waals surface area contributed by atoms with E-state index in [1.165, 1.54) is 18.5 Å². The lowest BCUT2D eigenvalue weighted by molar-refractivity contribution is 0.566. The van der Waals surface area contributed by atoms with Gasteiger partial charge in [0, 0.05) is 40.2 Å². The van der Waals surface area contributed by atoms with Gasteiger partial charge in [-0.2, -0.15) is 0 Å². The summed E-state index contributed by atoms with van der Waals surface area (Å²) >= 11 is 6.14. The van der Waals surface area contributed by atoms with Gasteiger partial charge in [-0.3, -0.25) is 4.99 Å². The average Bonchev–Trinajstić information content (AvgIpc) is 2.72. The molecule has 4 rings (SSSR count). The van der Waals surface area contributed by atoms with Crippen molar-refractivity contribution >= 4 is 17.8 Å². The van der Waals surface area contributed by atoms with E-state index in [9.17, 15) is 8.78 Å². The van der Waals surface area contributed by atoms with Crippen molar-refractivity contribution in [3.63, 3.8) is 0 Å². The van der Waals surface area contributed by atoms with Crippen LogP contribution < -0.4 is 0 Å². The zero-order chi connectivity index (χ0) is 16.7. The highest BCUT2D eigenvalue weighted by Crippen LogP contribution is 2.39. The van der Waals surface area contributed by atoms with E-state index >= 15 is 0 Å². The summed E-state index contributed by atoms with van der Waals surface area (Å²) in [5.74, 6) is -1.28. The van der Waals surface area contributed by atoms with Crippen LogP contribution in [0.4, 0.5) is 8.78 Å². The van der Waals surface area contributed by atoms with Crippen LogP contribution in [0.3, 0.4) is 0 Å². The zero-order valence-corrected chi connectivity index (χ0v) is 13.0. The maximum Gasteiger partial charge on any atom is 0.131 e. The fourth-order valence-corrected chi connectivity index (χ4v) is 3.02. The summed E-state index contributed by atoms with van der Waals surface area (Å²) in [5, 5.41) is 0.508. The maximum atomic E-state index is 14.3. The molecular formula is C18H10ClF2N3. The number of rotatable bonds is 1. The van der Waals surface area contributed by atoms with Gasteiger partial charge in [0.05, 0.1) is 5.69 Å². The standard InChI is InChI=1S/C18H10ClF2N3/c19-11-1-3-13-15(5-11)18(14-4-2-12(20)6-16(14)21)23-8-10-7-22-9-24-17(10)13/h1-9,18H. The number of hydrogen-bond donors (Lipinski definition) is 0. The molecule has 2 heterocycles. The highest BCUT2D eigenvalue weighted by molar-refractivity contribution is 6.30. The smallest absolute Gasteiger partial charge is 0.131 e. The van der Waals surface area contributed by atoms with Gasteiger partial charge in [0.15, 0.2) is 0 Å². The minimum absolute atomic E-state index is 0.275. The van der Waals surface area contributed by atoms with Gasteiger partial charge >= 0.3 is 0 Å². The molecule has 2 aromatic carbocycles. The molecule has 3 nitrogen and oxygen atoms in total. The number of halogens is 3. The number of aliphatic imine (C=N–C) groups is 1. The Hall–Kier alpha value is -2.66. The minimum atomic E-state index is -0.653. The number of hydrogen-bond acceptors (Lipinski definition) is 3. The molecule has 3 aromatic rings. The third-order valence-corrected chi connectivity index (χ3v) is 4.16. The third kappa shape index (κ3) is 2.47. The molecule has 0 fully saturated rings. The van der Waals surface area contributed by atoms with Gasteiger partial charge in [-0.15, -0.1) is 0 Å². The van der Waals surface area contributed by atoms with Crippen LogP contribution >= 0.6 is 11.6 Å². The Morgan fingerprint density at radius 1 is 1.00 bits per heavy atom. The van der Waals surface area contributed by atoms with Crippen LogP contribution in [0.25, 0.3) is 11.3 Å². The number of nitrogens with zero attached hydrogens (tertiary/aromatic N) is 3. The molecule has 0 N–H and O–H groups in total. The predicted octanol–water partition coefficient (Wildman–Crippen LogP) is 4.60. The van der Waals surface area contributed by atoms with E-state index in [1.807, 2.05) is 6.07 Å². The molecule has 1 atom stereocenters. The molecule has 0 amide bonds. The molecule has 1 aliphatic heterocycles. The molecule has 1 unspecified atom stereocenters. The Morgan fingerprint density at radius 2 is 1.88 bits per heavy atom. The Morgan fingerprint density at radius 3 is 2.71 bits per heavy atom. The van der Waals surface area contributed by atoms with E-state index in [0.717, 1.165) is 17.2 Å². The summed E-state index contributed by atoms with van der Waals surface area (Å²) in [4.78, 5) is 12.8. The van der Waals surface area contributed by atoms with Gasteiger partial charge in [0.25, 0.3) is 0 Å². The summed E-state index contributed by atoms with van der Waals surface area (Å²) in [6, 6.07) is 8.14. The lowest BCUT2D eigenvalue weighted by Gasteiger charge is -2.16. The SMILES string of the molecule is Fc1ccc(C2N=Cc3cncnc3-c3ccc(Cl)cc32)c(F)c1. The number of fused-ring (bicyclic) bond motifs is 3. The predicted molar refractivity (Wildman–Crippen MR) is 88.3 cm³/mol. The summed E-state index contributed by atoms with van der Waals surface area (Å²) in [7, 11) is 0. The Bertz CT molecular complexity index is 972. The quantitative estimate of drug-likeness (QED) is 0.649. The van der Waals surface area contributed by atoms with E-state index in [1.54, 1.807) is 24.5 Å². The van der Waals surface area contributed by atoms with Crippen molar-refractivity contribution in [2.24, 2.45) is 4.99 Å². The topological polar surface area (TPSA) is 38.1 Å². The number of benzene rings is 2. The van der Waals surface area contributed by atoms with Crippen molar-refractivity contribution in [3.8, 4) is 11.3 Å². The first kappa shape index (κ1) is 14.9. The molecule has 0 aliphatic carbocycles. The first-order valence-electron chi connectivity index (χ1n) is 7.21.